The van der Waals surface area contributed by atoms with Crippen LogP contribution >= 0.6 is 0 Å². The van der Waals surface area contributed by atoms with Gasteiger partial charge in [-0.3, -0.25) is 0 Å². The average Bonchev–Trinajstić information content (AvgIpc) is 2.36. The van der Waals surface area contributed by atoms with Crippen molar-refractivity contribution in [3.63, 3.8) is 0 Å². The van der Waals surface area contributed by atoms with Gasteiger partial charge in [0.15, 0.2) is 0 Å². The number of hydrogen-bond acceptors (Lipinski definition) is 4. The van der Waals surface area contributed by atoms with E-state index in [0.29, 0.717) is 12.1 Å². The minimum atomic E-state index is -0.204. The molecule has 0 aliphatic carbocycles. The maximum atomic E-state index is 8.76. The van der Waals surface area contributed by atoms with E-state index < -0.39 is 0 Å². The molecule has 0 saturated heterocycles. The molecular weight excluding hydrogens is 144 g/mol. The van der Waals surface area contributed by atoms with Crippen molar-refractivity contribution in [3.05, 3.63) is 11.8 Å². The smallest absolute Gasteiger partial charge is 0.308 e. The van der Waals surface area contributed by atoms with Gasteiger partial charge < -0.3 is 9.63 Å². The van der Waals surface area contributed by atoms with Crippen LogP contribution < -0.4 is 0 Å². The molecule has 11 heavy (non-hydrogen) atoms. The molecule has 1 rings (SSSR count). The normalized spacial score (nSPS) is 12.4. The fraction of sp³-hybridized carbons (Fsp3) is 0.429. The van der Waals surface area contributed by atoms with Crippen LogP contribution in [0.2, 0.25) is 0 Å². The topological polar surface area (TPSA) is 70.0 Å². The summed E-state index contributed by atoms with van der Waals surface area (Å²) in [7, 11) is 0. The van der Waals surface area contributed by atoms with E-state index in [1.54, 1.807) is 0 Å². The third-order valence-corrected chi connectivity index (χ3v) is 1.42. The van der Waals surface area contributed by atoms with Crippen molar-refractivity contribution in [1.82, 2.24) is 5.16 Å². The van der Waals surface area contributed by atoms with Crippen molar-refractivity contribution in [2.75, 3.05) is 0 Å². The lowest BCUT2D eigenvalue weighted by Crippen LogP contribution is -1.90. The highest BCUT2D eigenvalue weighted by Crippen LogP contribution is 2.20. The SMILES string of the molecule is CC(CC#N)c1cc(O)on1. The Kier molecular flexibility index (Phi) is 2.12. The number of rotatable bonds is 2. The first kappa shape index (κ1) is 7.61. The lowest BCUT2D eigenvalue weighted by molar-refractivity contribution is 0.275. The summed E-state index contributed by atoms with van der Waals surface area (Å²) in [5.41, 5.74) is 0.615. The highest BCUT2D eigenvalue weighted by Gasteiger charge is 2.10. The molecule has 0 aromatic carbocycles. The van der Waals surface area contributed by atoms with E-state index in [1.165, 1.54) is 6.07 Å². The van der Waals surface area contributed by atoms with Crippen LogP contribution in [0.15, 0.2) is 10.6 Å². The summed E-state index contributed by atoms with van der Waals surface area (Å²) >= 11 is 0. The zero-order chi connectivity index (χ0) is 8.27. The first-order valence-corrected chi connectivity index (χ1v) is 3.26. The molecular formula is C7H8N2O2. The minimum absolute atomic E-state index is 0.0182. The molecule has 1 N–H and O–H groups in total. The van der Waals surface area contributed by atoms with Crippen molar-refractivity contribution in [2.24, 2.45) is 0 Å². The van der Waals surface area contributed by atoms with Gasteiger partial charge in [0.1, 0.15) is 0 Å². The Labute approximate surface area is 64.0 Å². The van der Waals surface area contributed by atoms with Crippen LogP contribution in [-0.2, 0) is 0 Å². The Morgan fingerprint density at radius 3 is 3.09 bits per heavy atom. The van der Waals surface area contributed by atoms with Crippen molar-refractivity contribution in [1.29, 1.82) is 5.26 Å². The van der Waals surface area contributed by atoms with E-state index in [1.807, 2.05) is 13.0 Å². The van der Waals surface area contributed by atoms with Crippen LogP contribution in [-0.4, -0.2) is 10.3 Å². The first-order valence-electron chi connectivity index (χ1n) is 3.26. The van der Waals surface area contributed by atoms with Crippen molar-refractivity contribution >= 4 is 0 Å². The molecule has 0 aliphatic rings. The molecule has 0 fully saturated rings. The van der Waals surface area contributed by atoms with Crippen LogP contribution in [0.25, 0.3) is 0 Å². The summed E-state index contributed by atoms with van der Waals surface area (Å²) in [6.07, 6.45) is 0.381. The molecule has 0 amide bonds. The molecule has 58 valence electrons. The van der Waals surface area contributed by atoms with Crippen LogP contribution in [0.3, 0.4) is 0 Å². The van der Waals surface area contributed by atoms with Gasteiger partial charge in [0.25, 0.3) is 0 Å². The minimum Gasteiger partial charge on any atom is -0.479 e. The number of aromatic nitrogens is 1. The number of nitriles is 1. The third-order valence-electron chi connectivity index (χ3n) is 1.42. The largest absolute Gasteiger partial charge is 0.479 e. The standard InChI is InChI=1S/C7H8N2O2/c1-5(2-3-8)6-4-7(10)11-9-6/h4-5,10H,2H2,1H3. The van der Waals surface area contributed by atoms with Crippen LogP contribution in [0.1, 0.15) is 25.0 Å². The fourth-order valence-electron chi connectivity index (χ4n) is 0.752. The van der Waals surface area contributed by atoms with Gasteiger partial charge in [0.2, 0.25) is 0 Å². The van der Waals surface area contributed by atoms with Gasteiger partial charge in [0.05, 0.1) is 11.8 Å². The van der Waals surface area contributed by atoms with E-state index in [2.05, 4.69) is 9.68 Å². The maximum Gasteiger partial charge on any atom is 0.308 e. The molecule has 0 aliphatic heterocycles. The van der Waals surface area contributed by atoms with Gasteiger partial charge in [0, 0.05) is 18.4 Å². The zero-order valence-electron chi connectivity index (χ0n) is 6.11. The predicted octanol–water partition coefficient (Wildman–Crippen LogP) is 1.40. The Morgan fingerprint density at radius 2 is 2.64 bits per heavy atom. The number of nitrogens with zero attached hydrogens (tertiary/aromatic N) is 2. The zero-order valence-corrected chi connectivity index (χ0v) is 6.11. The Bertz CT molecular complexity index is 274. The van der Waals surface area contributed by atoms with E-state index in [4.69, 9.17) is 10.4 Å². The molecule has 4 nitrogen and oxygen atoms in total. The van der Waals surface area contributed by atoms with E-state index in [0.717, 1.165) is 0 Å². The molecule has 1 heterocycles. The molecule has 1 aromatic rings. The van der Waals surface area contributed by atoms with Crippen molar-refractivity contribution < 1.29 is 9.63 Å². The maximum absolute atomic E-state index is 8.76. The average molecular weight is 152 g/mol. The summed E-state index contributed by atoms with van der Waals surface area (Å²) in [5, 5.41) is 20.7. The van der Waals surface area contributed by atoms with E-state index >= 15 is 0 Å². The second-order valence-corrected chi connectivity index (χ2v) is 2.35. The van der Waals surface area contributed by atoms with E-state index in [9.17, 15) is 0 Å². The molecule has 1 unspecified atom stereocenters. The van der Waals surface area contributed by atoms with Crippen molar-refractivity contribution in [2.45, 2.75) is 19.3 Å². The Morgan fingerprint density at radius 1 is 1.91 bits per heavy atom. The molecule has 1 atom stereocenters. The summed E-state index contributed by atoms with van der Waals surface area (Å²) in [4.78, 5) is 0. The highest BCUT2D eigenvalue weighted by molar-refractivity contribution is 5.13. The molecule has 0 spiro atoms. The van der Waals surface area contributed by atoms with Crippen LogP contribution in [0.5, 0.6) is 5.95 Å². The third kappa shape index (κ3) is 1.71. The van der Waals surface area contributed by atoms with Gasteiger partial charge >= 0.3 is 5.95 Å². The monoisotopic (exact) mass is 152 g/mol. The molecule has 0 radical (unpaired) electrons. The quantitative estimate of drug-likeness (QED) is 0.695. The van der Waals surface area contributed by atoms with Gasteiger partial charge in [-0.25, -0.2) is 0 Å². The lowest BCUT2D eigenvalue weighted by atomic mass is 10.1. The first-order chi connectivity index (χ1) is 5.24. The highest BCUT2D eigenvalue weighted by atomic mass is 16.5. The van der Waals surface area contributed by atoms with E-state index in [-0.39, 0.29) is 11.9 Å². The second kappa shape index (κ2) is 3.06. The van der Waals surface area contributed by atoms with Crippen molar-refractivity contribution in [3.8, 4) is 12.0 Å². The van der Waals surface area contributed by atoms with Gasteiger partial charge in [-0.2, -0.15) is 5.26 Å². The second-order valence-electron chi connectivity index (χ2n) is 2.35. The van der Waals surface area contributed by atoms with Crippen LogP contribution in [0, 0.1) is 11.3 Å². The lowest BCUT2D eigenvalue weighted by Gasteiger charge is -1.97. The molecule has 1 aromatic heterocycles. The molecule has 4 heteroatoms. The van der Waals surface area contributed by atoms with Gasteiger partial charge in [-0.05, 0) is 0 Å². The van der Waals surface area contributed by atoms with Crippen LogP contribution in [0.4, 0.5) is 0 Å². The Hall–Kier alpha value is -1.50. The van der Waals surface area contributed by atoms with Gasteiger partial charge in [-0.15, -0.1) is 0 Å². The van der Waals surface area contributed by atoms with Gasteiger partial charge in [-0.1, -0.05) is 12.1 Å². The Balaban J connectivity index is 2.70. The number of aromatic hydroxyl groups is 1. The summed E-state index contributed by atoms with van der Waals surface area (Å²) in [6, 6.07) is 3.43. The summed E-state index contributed by atoms with van der Waals surface area (Å²) in [5.74, 6) is -0.186. The summed E-state index contributed by atoms with van der Waals surface area (Å²) in [6.45, 7) is 1.85. The molecule has 0 saturated carbocycles. The number of hydrogen-bond donors (Lipinski definition) is 1. The predicted molar refractivity (Wildman–Crippen MR) is 36.8 cm³/mol. The fourth-order valence-corrected chi connectivity index (χ4v) is 0.752. The summed E-state index contributed by atoms with van der Waals surface area (Å²) < 4.78 is 4.43. The molecule has 0 bridgehead atoms.